The minimum Gasteiger partial charge on any atom is -0.441 e. The molecule has 0 unspecified atom stereocenters. The van der Waals surface area contributed by atoms with Gasteiger partial charge < -0.3 is 9.32 Å². The van der Waals surface area contributed by atoms with Gasteiger partial charge in [-0.1, -0.05) is 11.6 Å². The fourth-order valence-electron chi connectivity index (χ4n) is 2.28. The van der Waals surface area contributed by atoms with Crippen LogP contribution in [-0.2, 0) is 9.59 Å². The molecule has 4 amide bonds. The van der Waals surface area contributed by atoms with Gasteiger partial charge in [0.1, 0.15) is 11.3 Å². The molecule has 8 heteroatoms. The number of furan rings is 1. The summed E-state index contributed by atoms with van der Waals surface area (Å²) in [6, 6.07) is 8.66. The Morgan fingerprint density at radius 3 is 2.36 bits per heavy atom. The Labute approximate surface area is 148 Å². The maximum atomic E-state index is 12.7. The molecule has 1 aromatic carbocycles. The summed E-state index contributed by atoms with van der Waals surface area (Å²) in [5.41, 5.74) is 0.105. The highest BCUT2D eigenvalue weighted by Gasteiger charge is 2.37. The Bertz CT molecular complexity index is 884. The van der Waals surface area contributed by atoms with Gasteiger partial charge in [-0.25, -0.2) is 9.69 Å². The maximum Gasteiger partial charge on any atom is 0.335 e. The Morgan fingerprint density at radius 1 is 1.08 bits per heavy atom. The van der Waals surface area contributed by atoms with Gasteiger partial charge in [-0.2, -0.15) is 0 Å². The molecule has 0 spiro atoms. The van der Waals surface area contributed by atoms with Crippen LogP contribution in [0, 0.1) is 0 Å². The van der Waals surface area contributed by atoms with Crippen molar-refractivity contribution >= 4 is 47.1 Å². The van der Waals surface area contributed by atoms with Gasteiger partial charge in [0.15, 0.2) is 5.88 Å². The van der Waals surface area contributed by atoms with Crippen LogP contribution in [0.3, 0.4) is 0 Å². The number of rotatable bonds is 3. The lowest BCUT2D eigenvalue weighted by atomic mass is 10.1. The van der Waals surface area contributed by atoms with E-state index in [0.29, 0.717) is 22.4 Å². The van der Waals surface area contributed by atoms with Gasteiger partial charge in [0.2, 0.25) is 0 Å². The van der Waals surface area contributed by atoms with Gasteiger partial charge in [0.05, 0.1) is 5.69 Å². The van der Waals surface area contributed by atoms with Gasteiger partial charge >= 0.3 is 6.03 Å². The first-order valence-electron chi connectivity index (χ1n) is 7.31. The second-order valence-electron chi connectivity index (χ2n) is 5.50. The number of halogens is 1. The number of benzene rings is 1. The summed E-state index contributed by atoms with van der Waals surface area (Å²) in [7, 11) is 3.60. The lowest BCUT2D eigenvalue weighted by molar-refractivity contribution is -0.122. The summed E-state index contributed by atoms with van der Waals surface area (Å²) in [5, 5.41) is 2.61. The van der Waals surface area contributed by atoms with Crippen LogP contribution in [0.15, 0.2) is 46.4 Å². The Morgan fingerprint density at radius 2 is 1.76 bits per heavy atom. The molecule has 0 atom stereocenters. The predicted octanol–water partition coefficient (Wildman–Crippen LogP) is 2.67. The van der Waals surface area contributed by atoms with Crippen LogP contribution in [0.1, 0.15) is 5.76 Å². The molecule has 1 aromatic heterocycles. The monoisotopic (exact) mass is 359 g/mol. The number of barbiturate groups is 1. The second-order valence-corrected chi connectivity index (χ2v) is 5.94. The highest BCUT2D eigenvalue weighted by Crippen LogP contribution is 2.24. The largest absolute Gasteiger partial charge is 0.441 e. The van der Waals surface area contributed by atoms with Crippen LogP contribution >= 0.6 is 11.6 Å². The van der Waals surface area contributed by atoms with Gasteiger partial charge in [-0.05, 0) is 36.4 Å². The second kappa shape index (κ2) is 6.45. The van der Waals surface area contributed by atoms with Gasteiger partial charge in [0.25, 0.3) is 11.8 Å². The maximum absolute atomic E-state index is 12.7. The first-order valence-corrected chi connectivity index (χ1v) is 7.69. The molecule has 2 heterocycles. The molecule has 1 aliphatic rings. The quantitative estimate of drug-likeness (QED) is 0.673. The van der Waals surface area contributed by atoms with E-state index < -0.39 is 17.8 Å². The molecule has 0 saturated carbocycles. The zero-order valence-electron chi connectivity index (χ0n) is 13.4. The Balaban J connectivity index is 1.97. The van der Waals surface area contributed by atoms with Crippen molar-refractivity contribution in [1.29, 1.82) is 0 Å². The van der Waals surface area contributed by atoms with E-state index in [1.807, 2.05) is 0 Å². The summed E-state index contributed by atoms with van der Waals surface area (Å²) in [5.74, 6) is -0.615. The third kappa shape index (κ3) is 3.27. The molecule has 1 N–H and O–H groups in total. The third-order valence-corrected chi connectivity index (χ3v) is 3.78. The summed E-state index contributed by atoms with van der Waals surface area (Å²) in [6.07, 6.45) is 1.31. The molecular formula is C17H14ClN3O4. The highest BCUT2D eigenvalue weighted by atomic mass is 35.5. The van der Waals surface area contributed by atoms with E-state index >= 15 is 0 Å². The average molecular weight is 360 g/mol. The first kappa shape index (κ1) is 16.8. The number of imide groups is 2. The molecular weight excluding hydrogens is 346 g/mol. The van der Waals surface area contributed by atoms with Crippen LogP contribution in [0.5, 0.6) is 0 Å². The molecule has 7 nitrogen and oxygen atoms in total. The number of nitrogens with zero attached hydrogens (tertiary/aromatic N) is 2. The number of anilines is 2. The van der Waals surface area contributed by atoms with E-state index in [4.69, 9.17) is 16.0 Å². The van der Waals surface area contributed by atoms with Crippen molar-refractivity contribution in [2.24, 2.45) is 0 Å². The zero-order valence-corrected chi connectivity index (χ0v) is 14.2. The molecule has 25 heavy (non-hydrogen) atoms. The van der Waals surface area contributed by atoms with Crippen molar-refractivity contribution in [2.45, 2.75) is 0 Å². The predicted molar refractivity (Wildman–Crippen MR) is 93.5 cm³/mol. The fraction of sp³-hybridized carbons (Fsp3) is 0.118. The minimum absolute atomic E-state index is 0.200. The summed E-state index contributed by atoms with van der Waals surface area (Å²) in [4.78, 5) is 39.4. The molecule has 1 aliphatic heterocycles. The number of urea groups is 1. The van der Waals surface area contributed by atoms with E-state index in [-0.39, 0.29) is 5.57 Å². The van der Waals surface area contributed by atoms with Gasteiger partial charge in [0, 0.05) is 25.2 Å². The lowest BCUT2D eigenvalue weighted by Crippen LogP contribution is -2.54. The lowest BCUT2D eigenvalue weighted by Gasteiger charge is -2.26. The number of amides is 4. The van der Waals surface area contributed by atoms with E-state index in [0.717, 1.165) is 4.90 Å². The van der Waals surface area contributed by atoms with Crippen molar-refractivity contribution in [1.82, 2.24) is 5.32 Å². The van der Waals surface area contributed by atoms with Crippen LogP contribution in [0.25, 0.3) is 6.08 Å². The highest BCUT2D eigenvalue weighted by molar-refractivity contribution is 6.39. The number of carbonyl (C=O) groups excluding carboxylic acids is 3. The van der Waals surface area contributed by atoms with Crippen molar-refractivity contribution in [3.63, 3.8) is 0 Å². The van der Waals surface area contributed by atoms with E-state index in [9.17, 15) is 14.4 Å². The molecule has 0 bridgehead atoms. The summed E-state index contributed by atoms with van der Waals surface area (Å²) >= 11 is 5.82. The number of hydrogen-bond acceptors (Lipinski definition) is 5. The van der Waals surface area contributed by atoms with Crippen molar-refractivity contribution in [3.05, 3.63) is 52.8 Å². The Kier molecular flexibility index (Phi) is 4.33. The summed E-state index contributed by atoms with van der Waals surface area (Å²) < 4.78 is 5.52. The smallest absolute Gasteiger partial charge is 0.335 e. The normalized spacial score (nSPS) is 16.4. The molecule has 0 aliphatic carbocycles. The van der Waals surface area contributed by atoms with Crippen LogP contribution < -0.4 is 15.1 Å². The standard InChI is InChI=1S/C17H14ClN3O4/c1-20(2)14-8-7-12(25-14)9-13-15(22)19-17(24)21(16(13)23)11-5-3-10(18)4-6-11/h3-9H,1-2H3,(H,19,22,24)/b13-9+. The van der Waals surface area contributed by atoms with Crippen LogP contribution in [-0.4, -0.2) is 31.9 Å². The molecule has 128 valence electrons. The topological polar surface area (TPSA) is 82.9 Å². The van der Waals surface area contributed by atoms with Crippen LogP contribution in [0.4, 0.5) is 16.4 Å². The van der Waals surface area contributed by atoms with Crippen molar-refractivity contribution < 1.29 is 18.8 Å². The van der Waals surface area contributed by atoms with E-state index in [1.54, 1.807) is 43.3 Å². The van der Waals surface area contributed by atoms with E-state index in [1.165, 1.54) is 18.2 Å². The number of hydrogen-bond donors (Lipinski definition) is 1. The number of carbonyl (C=O) groups is 3. The Hall–Kier alpha value is -3.06. The van der Waals surface area contributed by atoms with E-state index in [2.05, 4.69) is 5.32 Å². The molecule has 0 radical (unpaired) electrons. The van der Waals surface area contributed by atoms with Gasteiger partial charge in [-0.3, -0.25) is 14.9 Å². The van der Waals surface area contributed by atoms with Crippen molar-refractivity contribution in [3.8, 4) is 0 Å². The summed E-state index contributed by atoms with van der Waals surface area (Å²) in [6.45, 7) is 0. The fourth-order valence-corrected chi connectivity index (χ4v) is 2.41. The molecule has 1 fully saturated rings. The third-order valence-electron chi connectivity index (χ3n) is 3.53. The van der Waals surface area contributed by atoms with Gasteiger partial charge in [-0.15, -0.1) is 0 Å². The zero-order chi connectivity index (χ0) is 18.1. The van der Waals surface area contributed by atoms with Crippen molar-refractivity contribution in [2.75, 3.05) is 23.9 Å². The number of nitrogens with one attached hydrogen (secondary N) is 1. The first-order chi connectivity index (χ1) is 11.9. The van der Waals surface area contributed by atoms with Crippen LogP contribution in [0.2, 0.25) is 5.02 Å². The SMILES string of the molecule is CN(C)c1ccc(/C=C2\C(=O)NC(=O)N(c3ccc(Cl)cc3)C2=O)o1. The molecule has 3 rings (SSSR count). The molecule has 2 aromatic rings. The average Bonchev–Trinajstić information content (AvgIpc) is 3.02. The molecule has 1 saturated heterocycles. The minimum atomic E-state index is -0.817.